The van der Waals surface area contributed by atoms with E-state index in [1.165, 1.54) is 0 Å². The van der Waals surface area contributed by atoms with Crippen LogP contribution in [0.4, 0.5) is 5.82 Å². The molecule has 0 radical (unpaired) electrons. The molecule has 6 nitrogen and oxygen atoms in total. The fraction of sp³-hybridized carbons (Fsp3) is 0.412. The van der Waals surface area contributed by atoms with E-state index in [0.29, 0.717) is 11.4 Å². The highest BCUT2D eigenvalue weighted by Gasteiger charge is 2.34. The van der Waals surface area contributed by atoms with Gasteiger partial charge in [0.15, 0.2) is 0 Å². The summed E-state index contributed by atoms with van der Waals surface area (Å²) in [5, 5.41) is 15.5. The van der Waals surface area contributed by atoms with Gasteiger partial charge in [-0.15, -0.1) is 0 Å². The van der Waals surface area contributed by atoms with Crippen LogP contribution in [0, 0.1) is 0 Å². The number of nitrogens with one attached hydrogen (secondary N) is 2. The van der Waals surface area contributed by atoms with Crippen molar-refractivity contribution in [2.24, 2.45) is 0 Å². The summed E-state index contributed by atoms with van der Waals surface area (Å²) in [7, 11) is 0. The minimum atomic E-state index is -0.322. The average molecular weight is 313 g/mol. The zero-order chi connectivity index (χ0) is 16.0. The monoisotopic (exact) mass is 313 g/mol. The topological polar surface area (TPSA) is 87.1 Å². The lowest BCUT2D eigenvalue weighted by molar-refractivity contribution is -0.116. The van der Waals surface area contributed by atoms with Gasteiger partial charge in [-0.3, -0.25) is 19.4 Å². The van der Waals surface area contributed by atoms with Gasteiger partial charge >= 0.3 is 0 Å². The number of phenols is 1. The van der Waals surface area contributed by atoms with Crippen LogP contribution in [0.2, 0.25) is 0 Å². The highest BCUT2D eigenvalue weighted by molar-refractivity contribution is 5.94. The van der Waals surface area contributed by atoms with E-state index in [4.69, 9.17) is 0 Å². The Morgan fingerprint density at radius 1 is 1.17 bits per heavy atom. The number of anilines is 1. The van der Waals surface area contributed by atoms with E-state index in [-0.39, 0.29) is 35.6 Å². The minimum absolute atomic E-state index is 0.100. The van der Waals surface area contributed by atoms with Gasteiger partial charge in [0.2, 0.25) is 5.91 Å². The van der Waals surface area contributed by atoms with Crippen LogP contribution >= 0.6 is 0 Å². The van der Waals surface area contributed by atoms with Crippen molar-refractivity contribution in [2.75, 3.05) is 5.32 Å². The van der Waals surface area contributed by atoms with Crippen molar-refractivity contribution in [1.29, 1.82) is 0 Å². The van der Waals surface area contributed by atoms with Crippen LogP contribution in [0.15, 0.2) is 29.1 Å². The number of aromatic hydroxyl groups is 1. The summed E-state index contributed by atoms with van der Waals surface area (Å²) in [6, 6.07) is 7.04. The summed E-state index contributed by atoms with van der Waals surface area (Å²) in [4.78, 5) is 24.7. The molecule has 1 aromatic heterocycles. The van der Waals surface area contributed by atoms with Crippen LogP contribution in [0.1, 0.15) is 55.2 Å². The molecule has 1 amide bonds. The van der Waals surface area contributed by atoms with Gasteiger partial charge in [-0.25, -0.2) is 0 Å². The molecule has 0 unspecified atom stereocenters. The third-order valence-electron chi connectivity index (χ3n) is 4.92. The number of fused-ring (bicyclic) bond motifs is 1. The van der Waals surface area contributed by atoms with E-state index in [0.717, 1.165) is 31.2 Å². The van der Waals surface area contributed by atoms with Crippen molar-refractivity contribution in [2.45, 2.75) is 44.1 Å². The number of hydrogen-bond donors (Lipinski definition) is 3. The first kappa shape index (κ1) is 14.1. The SMILES string of the molecule is O=C1C[C@@H](c2cccc(O)c2)c2c(n(C3CCCC3)[nH]c2=O)N1. The van der Waals surface area contributed by atoms with E-state index >= 15 is 0 Å². The average Bonchev–Trinajstić information content (AvgIpc) is 3.15. The van der Waals surface area contributed by atoms with Crippen LogP contribution in [0.5, 0.6) is 5.75 Å². The molecule has 2 aliphatic rings. The summed E-state index contributed by atoms with van der Waals surface area (Å²) in [6.07, 6.45) is 4.54. The number of rotatable bonds is 2. The molecular formula is C17H19N3O3. The first-order valence-corrected chi connectivity index (χ1v) is 8.06. The standard InChI is InChI=1S/C17H19N3O3/c21-12-7-3-4-10(8-12)13-9-14(22)18-16-15(13)17(23)19-20(16)11-5-1-2-6-11/h3-4,7-8,11,13,21H,1-2,5-6,9H2,(H,18,22)(H,19,23)/t13-/m0/s1. The number of nitrogens with zero attached hydrogens (tertiary/aromatic N) is 1. The summed E-state index contributed by atoms with van der Waals surface area (Å²) < 4.78 is 1.84. The Balaban J connectivity index is 1.84. The van der Waals surface area contributed by atoms with Crippen molar-refractivity contribution >= 4 is 11.7 Å². The summed E-state index contributed by atoms with van der Waals surface area (Å²) in [6.45, 7) is 0. The molecule has 2 aromatic rings. The molecule has 1 aromatic carbocycles. The fourth-order valence-corrected chi connectivity index (χ4v) is 3.85. The maximum absolute atomic E-state index is 12.5. The molecule has 1 aliphatic heterocycles. The molecule has 2 heterocycles. The zero-order valence-electron chi connectivity index (χ0n) is 12.7. The van der Waals surface area contributed by atoms with Crippen LogP contribution in [-0.2, 0) is 4.79 Å². The summed E-state index contributed by atoms with van der Waals surface area (Å²) >= 11 is 0. The second-order valence-electron chi connectivity index (χ2n) is 6.41. The van der Waals surface area contributed by atoms with Crippen LogP contribution in [0.25, 0.3) is 0 Å². The molecule has 23 heavy (non-hydrogen) atoms. The lowest BCUT2D eigenvalue weighted by Gasteiger charge is -2.25. The first-order valence-electron chi connectivity index (χ1n) is 8.06. The normalized spacial score (nSPS) is 21.2. The maximum Gasteiger partial charge on any atom is 0.270 e. The molecular weight excluding hydrogens is 294 g/mol. The van der Waals surface area contributed by atoms with Crippen LogP contribution in [0.3, 0.4) is 0 Å². The smallest absolute Gasteiger partial charge is 0.270 e. The van der Waals surface area contributed by atoms with Crippen molar-refractivity contribution in [3.8, 4) is 5.75 Å². The number of aromatic amines is 1. The molecule has 1 fully saturated rings. The molecule has 0 saturated heterocycles. The van der Waals surface area contributed by atoms with Crippen molar-refractivity contribution in [1.82, 2.24) is 9.78 Å². The molecule has 6 heteroatoms. The van der Waals surface area contributed by atoms with E-state index in [1.54, 1.807) is 18.2 Å². The second kappa shape index (κ2) is 5.30. The second-order valence-corrected chi connectivity index (χ2v) is 6.41. The van der Waals surface area contributed by atoms with Gasteiger partial charge in [-0.2, -0.15) is 0 Å². The molecule has 1 saturated carbocycles. The van der Waals surface area contributed by atoms with E-state index < -0.39 is 0 Å². The number of H-pyrrole nitrogens is 1. The predicted molar refractivity (Wildman–Crippen MR) is 85.8 cm³/mol. The minimum Gasteiger partial charge on any atom is -0.508 e. The number of aromatic nitrogens is 2. The van der Waals surface area contributed by atoms with Crippen LogP contribution < -0.4 is 10.9 Å². The third-order valence-corrected chi connectivity index (χ3v) is 4.92. The number of amides is 1. The van der Waals surface area contributed by atoms with Gasteiger partial charge in [0.1, 0.15) is 11.6 Å². The van der Waals surface area contributed by atoms with E-state index in [1.807, 2.05) is 10.7 Å². The van der Waals surface area contributed by atoms with Crippen molar-refractivity contribution < 1.29 is 9.90 Å². The van der Waals surface area contributed by atoms with Crippen molar-refractivity contribution in [3.63, 3.8) is 0 Å². The molecule has 1 aliphatic carbocycles. The van der Waals surface area contributed by atoms with E-state index in [9.17, 15) is 14.7 Å². The quantitative estimate of drug-likeness (QED) is 0.796. The lowest BCUT2D eigenvalue weighted by Crippen LogP contribution is -2.27. The van der Waals surface area contributed by atoms with E-state index in [2.05, 4.69) is 10.4 Å². The number of benzene rings is 1. The number of carbonyl (C=O) groups excluding carboxylic acids is 1. The Morgan fingerprint density at radius 3 is 2.70 bits per heavy atom. The number of hydrogen-bond acceptors (Lipinski definition) is 3. The van der Waals surface area contributed by atoms with Gasteiger partial charge in [-0.05, 0) is 30.5 Å². The Morgan fingerprint density at radius 2 is 1.96 bits per heavy atom. The Hall–Kier alpha value is -2.50. The van der Waals surface area contributed by atoms with Gasteiger partial charge in [0.05, 0.1) is 11.6 Å². The molecule has 120 valence electrons. The molecule has 0 spiro atoms. The third kappa shape index (κ3) is 2.34. The Kier molecular flexibility index (Phi) is 3.25. The highest BCUT2D eigenvalue weighted by atomic mass is 16.3. The van der Waals surface area contributed by atoms with Gasteiger partial charge in [0.25, 0.3) is 5.56 Å². The molecule has 1 atom stereocenters. The molecule has 3 N–H and O–H groups in total. The molecule has 0 bridgehead atoms. The lowest BCUT2D eigenvalue weighted by atomic mass is 9.87. The predicted octanol–water partition coefficient (Wildman–Crippen LogP) is 2.47. The molecule has 4 rings (SSSR count). The number of carbonyl (C=O) groups is 1. The zero-order valence-corrected chi connectivity index (χ0v) is 12.7. The summed E-state index contributed by atoms with van der Waals surface area (Å²) in [5.41, 5.74) is 1.23. The van der Waals surface area contributed by atoms with Gasteiger partial charge < -0.3 is 10.4 Å². The first-order chi connectivity index (χ1) is 11.1. The Labute approximate surface area is 133 Å². The van der Waals surface area contributed by atoms with Crippen molar-refractivity contribution in [3.05, 3.63) is 45.7 Å². The van der Waals surface area contributed by atoms with Crippen LogP contribution in [-0.4, -0.2) is 20.8 Å². The van der Waals surface area contributed by atoms with Gasteiger partial charge in [0, 0.05) is 12.3 Å². The number of phenolic OH excluding ortho intramolecular Hbond substituents is 1. The Bertz CT molecular complexity index is 815. The van der Waals surface area contributed by atoms with Gasteiger partial charge in [-0.1, -0.05) is 25.0 Å². The maximum atomic E-state index is 12.5. The largest absolute Gasteiger partial charge is 0.508 e. The highest BCUT2D eigenvalue weighted by Crippen LogP contribution is 2.39. The summed E-state index contributed by atoms with van der Waals surface area (Å²) in [5.74, 6) is 0.321. The fourth-order valence-electron chi connectivity index (χ4n) is 3.85.